The number of aryl methyl sites for hydroxylation is 4. The molecule has 1 unspecified atom stereocenters. The van der Waals surface area contributed by atoms with Gasteiger partial charge in [-0.15, -0.1) is 0 Å². The summed E-state index contributed by atoms with van der Waals surface area (Å²) in [7, 11) is 2.06. The van der Waals surface area contributed by atoms with Crippen LogP contribution in [0.15, 0.2) is 72.9 Å². The van der Waals surface area contributed by atoms with Crippen LogP contribution in [-0.2, 0) is 11.8 Å². The number of amides is 1. The van der Waals surface area contributed by atoms with Crippen molar-refractivity contribution in [2.75, 3.05) is 5.32 Å². The van der Waals surface area contributed by atoms with Gasteiger partial charge in [0.05, 0.1) is 0 Å². The van der Waals surface area contributed by atoms with E-state index in [-0.39, 0.29) is 11.8 Å². The fourth-order valence-corrected chi connectivity index (χ4v) is 4.16. The fraction of sp³-hybridized carbons (Fsp3) is 0.222. The van der Waals surface area contributed by atoms with E-state index >= 15 is 0 Å². The molecule has 1 aromatic heterocycles. The monoisotopic (exact) mass is 396 g/mol. The lowest BCUT2D eigenvalue weighted by Gasteiger charge is -2.18. The van der Waals surface area contributed by atoms with E-state index in [2.05, 4.69) is 92.4 Å². The first kappa shape index (κ1) is 20.0. The summed E-state index contributed by atoms with van der Waals surface area (Å²) in [6.07, 6.45) is 2.56. The summed E-state index contributed by atoms with van der Waals surface area (Å²) in [6.45, 7) is 6.24. The van der Waals surface area contributed by atoms with E-state index in [0.29, 0.717) is 6.42 Å². The van der Waals surface area contributed by atoms with E-state index < -0.39 is 0 Å². The fourth-order valence-electron chi connectivity index (χ4n) is 4.16. The van der Waals surface area contributed by atoms with Gasteiger partial charge in [0.15, 0.2) is 0 Å². The molecule has 1 atom stereocenters. The normalized spacial score (nSPS) is 12.1. The van der Waals surface area contributed by atoms with Gasteiger partial charge in [-0.2, -0.15) is 0 Å². The van der Waals surface area contributed by atoms with E-state index in [4.69, 9.17) is 0 Å². The molecule has 0 aliphatic rings. The molecule has 0 aliphatic heterocycles. The Morgan fingerprint density at radius 2 is 1.73 bits per heavy atom. The van der Waals surface area contributed by atoms with E-state index in [1.807, 2.05) is 18.2 Å². The van der Waals surface area contributed by atoms with Crippen LogP contribution in [-0.4, -0.2) is 10.5 Å². The van der Waals surface area contributed by atoms with Crippen molar-refractivity contribution in [2.45, 2.75) is 33.1 Å². The Morgan fingerprint density at radius 3 is 2.50 bits per heavy atom. The number of nitrogens with zero attached hydrogens (tertiary/aromatic N) is 1. The molecule has 0 saturated carbocycles. The van der Waals surface area contributed by atoms with Gasteiger partial charge in [0.25, 0.3) is 0 Å². The molecule has 0 spiro atoms. The van der Waals surface area contributed by atoms with Crippen molar-refractivity contribution in [1.29, 1.82) is 0 Å². The van der Waals surface area contributed by atoms with Crippen molar-refractivity contribution in [2.24, 2.45) is 7.05 Å². The highest BCUT2D eigenvalue weighted by Crippen LogP contribution is 2.35. The summed E-state index contributed by atoms with van der Waals surface area (Å²) in [4.78, 5) is 13.1. The molecule has 0 radical (unpaired) electrons. The lowest BCUT2D eigenvalue weighted by Crippen LogP contribution is -2.16. The van der Waals surface area contributed by atoms with Crippen LogP contribution in [0.25, 0.3) is 10.9 Å². The minimum absolute atomic E-state index is 0.0115. The van der Waals surface area contributed by atoms with Gasteiger partial charge in [0, 0.05) is 42.2 Å². The third-order valence-electron chi connectivity index (χ3n) is 5.93. The number of aromatic nitrogens is 1. The quantitative estimate of drug-likeness (QED) is 0.424. The molecule has 4 rings (SSSR count). The molecule has 3 heteroatoms. The maximum atomic E-state index is 13.1. The molecule has 4 aromatic rings. The number of rotatable bonds is 5. The van der Waals surface area contributed by atoms with Gasteiger partial charge in [-0.3, -0.25) is 4.79 Å². The van der Waals surface area contributed by atoms with Crippen LogP contribution in [0.3, 0.4) is 0 Å². The van der Waals surface area contributed by atoms with Crippen LogP contribution in [0.2, 0.25) is 0 Å². The maximum Gasteiger partial charge on any atom is 0.225 e. The van der Waals surface area contributed by atoms with Crippen LogP contribution in [0.5, 0.6) is 0 Å². The molecule has 0 fully saturated rings. The second-order valence-corrected chi connectivity index (χ2v) is 8.23. The second-order valence-electron chi connectivity index (χ2n) is 8.23. The summed E-state index contributed by atoms with van der Waals surface area (Å²) >= 11 is 0. The summed E-state index contributed by atoms with van der Waals surface area (Å²) < 4.78 is 2.15. The van der Waals surface area contributed by atoms with Crippen LogP contribution in [0.4, 0.5) is 5.69 Å². The van der Waals surface area contributed by atoms with Gasteiger partial charge in [0.2, 0.25) is 5.91 Å². The number of carbonyl (C=O) groups excluding carboxylic acids is 1. The Balaban J connectivity index is 1.70. The predicted molar refractivity (Wildman–Crippen MR) is 125 cm³/mol. The highest BCUT2D eigenvalue weighted by atomic mass is 16.1. The molecule has 1 amide bonds. The van der Waals surface area contributed by atoms with Crippen LogP contribution < -0.4 is 5.32 Å². The molecule has 1 N–H and O–H groups in total. The van der Waals surface area contributed by atoms with Crippen LogP contribution in [0, 0.1) is 20.8 Å². The zero-order valence-electron chi connectivity index (χ0n) is 18.1. The Bertz CT molecular complexity index is 1220. The SMILES string of the molecule is Cc1cccc(C(CC(=O)Nc2ccc(C)c(C)c2)c2cn(C)c3ccccc23)c1. The summed E-state index contributed by atoms with van der Waals surface area (Å²) in [5.41, 5.74) is 7.99. The van der Waals surface area contributed by atoms with Gasteiger partial charge in [0.1, 0.15) is 0 Å². The summed E-state index contributed by atoms with van der Waals surface area (Å²) in [5, 5.41) is 4.30. The van der Waals surface area contributed by atoms with Gasteiger partial charge in [-0.1, -0.05) is 54.1 Å². The largest absolute Gasteiger partial charge is 0.350 e. The standard InChI is InChI=1S/C27H28N2O/c1-18-8-7-9-21(14-18)24(25-17-29(4)26-11-6-5-10-23(25)26)16-27(30)28-22-13-12-19(2)20(3)15-22/h5-15,17,24H,16H2,1-4H3,(H,28,30). The predicted octanol–water partition coefficient (Wildman–Crippen LogP) is 6.26. The highest BCUT2D eigenvalue weighted by Gasteiger charge is 2.22. The Kier molecular flexibility index (Phi) is 5.45. The van der Waals surface area contributed by atoms with E-state index in [9.17, 15) is 4.79 Å². The average molecular weight is 397 g/mol. The molecular weight excluding hydrogens is 368 g/mol. The molecule has 0 aliphatic carbocycles. The molecule has 3 aromatic carbocycles. The Hall–Kier alpha value is -3.33. The summed E-state index contributed by atoms with van der Waals surface area (Å²) in [6, 6.07) is 22.9. The van der Waals surface area contributed by atoms with Crippen molar-refractivity contribution in [3.05, 3.63) is 101 Å². The molecular formula is C27H28N2O. The average Bonchev–Trinajstić information content (AvgIpc) is 3.06. The zero-order valence-corrected chi connectivity index (χ0v) is 18.1. The van der Waals surface area contributed by atoms with E-state index in [1.54, 1.807) is 0 Å². The van der Waals surface area contributed by atoms with Crippen molar-refractivity contribution in [3.63, 3.8) is 0 Å². The maximum absolute atomic E-state index is 13.1. The van der Waals surface area contributed by atoms with Gasteiger partial charge in [-0.25, -0.2) is 0 Å². The van der Waals surface area contributed by atoms with Crippen molar-refractivity contribution < 1.29 is 4.79 Å². The Morgan fingerprint density at radius 1 is 0.933 bits per heavy atom. The first-order chi connectivity index (χ1) is 14.4. The van der Waals surface area contributed by atoms with E-state index in [1.165, 1.54) is 38.7 Å². The van der Waals surface area contributed by atoms with Gasteiger partial charge in [-0.05, 0) is 61.2 Å². The number of fused-ring (bicyclic) bond motifs is 1. The number of hydrogen-bond acceptors (Lipinski definition) is 1. The first-order valence-corrected chi connectivity index (χ1v) is 10.4. The van der Waals surface area contributed by atoms with Crippen molar-refractivity contribution >= 4 is 22.5 Å². The minimum atomic E-state index is -0.0115. The third-order valence-corrected chi connectivity index (χ3v) is 5.93. The number of nitrogens with one attached hydrogen (secondary N) is 1. The second kappa shape index (κ2) is 8.19. The first-order valence-electron chi connectivity index (χ1n) is 10.4. The topological polar surface area (TPSA) is 34.0 Å². The molecule has 152 valence electrons. The number of benzene rings is 3. The van der Waals surface area contributed by atoms with Gasteiger partial charge >= 0.3 is 0 Å². The molecule has 3 nitrogen and oxygen atoms in total. The number of anilines is 1. The molecule has 30 heavy (non-hydrogen) atoms. The van der Waals surface area contributed by atoms with Crippen molar-refractivity contribution in [3.8, 4) is 0 Å². The smallest absolute Gasteiger partial charge is 0.225 e. The van der Waals surface area contributed by atoms with Crippen LogP contribution >= 0.6 is 0 Å². The number of hydrogen-bond donors (Lipinski definition) is 1. The van der Waals surface area contributed by atoms with Gasteiger partial charge < -0.3 is 9.88 Å². The third kappa shape index (κ3) is 4.02. The van der Waals surface area contributed by atoms with Crippen molar-refractivity contribution in [1.82, 2.24) is 4.57 Å². The summed E-state index contributed by atoms with van der Waals surface area (Å²) in [5.74, 6) is 0.0141. The number of para-hydroxylation sites is 1. The van der Waals surface area contributed by atoms with E-state index in [0.717, 1.165) is 5.69 Å². The molecule has 1 heterocycles. The van der Waals surface area contributed by atoms with Crippen LogP contribution in [0.1, 0.15) is 40.2 Å². The lowest BCUT2D eigenvalue weighted by molar-refractivity contribution is -0.116. The Labute approximate surface area is 178 Å². The molecule has 0 bridgehead atoms. The highest BCUT2D eigenvalue weighted by molar-refractivity contribution is 5.93. The minimum Gasteiger partial charge on any atom is -0.350 e. The molecule has 0 saturated heterocycles. The number of carbonyl (C=O) groups is 1. The zero-order chi connectivity index (χ0) is 21.3. The lowest BCUT2D eigenvalue weighted by atomic mass is 9.87.